The Labute approximate surface area is 132 Å². The van der Waals surface area contributed by atoms with Crippen LogP contribution in [0, 0.1) is 3.57 Å². The second kappa shape index (κ2) is 5.71. The summed E-state index contributed by atoms with van der Waals surface area (Å²) in [5, 5.41) is 0.667. The average Bonchev–Trinajstić information content (AvgIpc) is 2.32. The molecule has 0 aliphatic rings. The van der Waals surface area contributed by atoms with Gasteiger partial charge in [0.1, 0.15) is 5.82 Å². The first kappa shape index (κ1) is 14.0. The maximum Gasteiger partial charge on any atom is 0.162 e. The molecule has 94 valence electrons. The van der Waals surface area contributed by atoms with Crippen LogP contribution < -0.4 is 5.73 Å². The molecule has 1 aromatic heterocycles. The Hall–Kier alpha value is -0.400. The van der Waals surface area contributed by atoms with Gasteiger partial charge in [-0.2, -0.15) is 0 Å². The standard InChI is InChI=1S/C12H10BrClIN3/c1-2-9-10(15)11(16)18-12(17-9)7-4-3-6(14)5-8(7)13/h3-5H,2H2,1H3,(H2,16,17,18). The van der Waals surface area contributed by atoms with Crippen LogP contribution in [0.1, 0.15) is 12.6 Å². The molecule has 0 unspecified atom stereocenters. The van der Waals surface area contributed by atoms with Gasteiger partial charge in [-0.3, -0.25) is 0 Å². The number of hydrogen-bond acceptors (Lipinski definition) is 3. The summed E-state index contributed by atoms with van der Waals surface area (Å²) in [4.78, 5) is 8.87. The molecule has 0 bridgehead atoms. The van der Waals surface area contributed by atoms with Crippen molar-refractivity contribution in [1.29, 1.82) is 0 Å². The molecule has 0 atom stereocenters. The molecule has 2 N–H and O–H groups in total. The van der Waals surface area contributed by atoms with Crippen LogP contribution in [-0.2, 0) is 6.42 Å². The number of nitrogens with zero attached hydrogens (tertiary/aromatic N) is 2. The predicted molar refractivity (Wildman–Crippen MR) is 86.7 cm³/mol. The monoisotopic (exact) mass is 437 g/mol. The van der Waals surface area contributed by atoms with Crippen LogP contribution in [0.25, 0.3) is 11.4 Å². The Morgan fingerprint density at radius 2 is 2.11 bits per heavy atom. The van der Waals surface area contributed by atoms with Crippen molar-refractivity contribution >= 4 is 55.9 Å². The minimum atomic E-state index is 0.513. The largest absolute Gasteiger partial charge is 0.383 e. The van der Waals surface area contributed by atoms with Crippen molar-refractivity contribution in [3.05, 3.63) is 37.0 Å². The van der Waals surface area contributed by atoms with Gasteiger partial charge in [0.2, 0.25) is 0 Å². The Kier molecular flexibility index (Phi) is 4.45. The molecule has 0 fully saturated rings. The molecule has 0 radical (unpaired) electrons. The summed E-state index contributed by atoms with van der Waals surface area (Å²) in [6.45, 7) is 2.05. The van der Waals surface area contributed by atoms with Gasteiger partial charge in [0, 0.05) is 15.1 Å². The number of rotatable bonds is 2. The maximum atomic E-state index is 5.92. The Balaban J connectivity index is 2.60. The highest BCUT2D eigenvalue weighted by atomic mass is 127. The number of halogens is 3. The SMILES string of the molecule is CCc1nc(-c2ccc(Cl)cc2Br)nc(N)c1I. The number of benzene rings is 1. The number of hydrogen-bond donors (Lipinski definition) is 1. The first-order valence-corrected chi connectivity index (χ1v) is 7.55. The predicted octanol–water partition coefficient (Wildman–Crippen LogP) is 4.31. The van der Waals surface area contributed by atoms with Crippen molar-refractivity contribution in [2.24, 2.45) is 0 Å². The van der Waals surface area contributed by atoms with Gasteiger partial charge in [-0.25, -0.2) is 9.97 Å². The van der Waals surface area contributed by atoms with Gasteiger partial charge in [0.15, 0.2) is 5.82 Å². The Morgan fingerprint density at radius 1 is 1.39 bits per heavy atom. The van der Waals surface area contributed by atoms with E-state index in [4.69, 9.17) is 17.3 Å². The summed E-state index contributed by atoms with van der Waals surface area (Å²) in [5.41, 5.74) is 7.76. The van der Waals surface area contributed by atoms with Crippen LogP contribution in [-0.4, -0.2) is 9.97 Å². The minimum Gasteiger partial charge on any atom is -0.383 e. The summed E-state index contributed by atoms with van der Waals surface area (Å²) in [6.07, 6.45) is 0.823. The van der Waals surface area contributed by atoms with Gasteiger partial charge in [-0.15, -0.1) is 0 Å². The lowest BCUT2D eigenvalue weighted by molar-refractivity contribution is 0.993. The fourth-order valence-electron chi connectivity index (χ4n) is 1.54. The van der Waals surface area contributed by atoms with Gasteiger partial charge < -0.3 is 5.73 Å². The molecule has 0 saturated heterocycles. The van der Waals surface area contributed by atoms with Crippen LogP contribution in [0.4, 0.5) is 5.82 Å². The molecule has 2 rings (SSSR count). The Bertz CT molecular complexity index is 604. The first-order valence-electron chi connectivity index (χ1n) is 5.30. The third-order valence-electron chi connectivity index (χ3n) is 2.45. The topological polar surface area (TPSA) is 51.8 Å². The second-order valence-electron chi connectivity index (χ2n) is 3.67. The summed E-state index contributed by atoms with van der Waals surface area (Å²) in [5.74, 6) is 1.13. The molecule has 3 nitrogen and oxygen atoms in total. The molecule has 0 saturated carbocycles. The molecule has 0 aliphatic carbocycles. The van der Waals surface area contributed by atoms with E-state index in [-0.39, 0.29) is 0 Å². The van der Waals surface area contributed by atoms with Crippen LogP contribution >= 0.6 is 50.1 Å². The fourth-order valence-corrected chi connectivity index (χ4v) is 3.02. The smallest absolute Gasteiger partial charge is 0.162 e. The van der Waals surface area contributed by atoms with E-state index in [9.17, 15) is 0 Å². The zero-order valence-corrected chi connectivity index (χ0v) is 14.0. The Morgan fingerprint density at radius 3 is 2.72 bits per heavy atom. The molecule has 0 spiro atoms. The number of aryl methyl sites for hydroxylation is 1. The summed E-state index contributed by atoms with van der Waals surface area (Å²) >= 11 is 11.6. The van der Waals surface area contributed by atoms with E-state index in [1.807, 2.05) is 25.1 Å². The molecule has 1 aromatic carbocycles. The number of anilines is 1. The third kappa shape index (κ3) is 2.78. The summed E-state index contributed by atoms with van der Waals surface area (Å²) < 4.78 is 1.78. The molecule has 0 aliphatic heterocycles. The molecule has 1 heterocycles. The van der Waals surface area contributed by atoms with Gasteiger partial charge >= 0.3 is 0 Å². The number of aromatic nitrogens is 2. The van der Waals surface area contributed by atoms with Crippen LogP contribution in [0.15, 0.2) is 22.7 Å². The van der Waals surface area contributed by atoms with Crippen molar-refractivity contribution in [2.75, 3.05) is 5.73 Å². The van der Waals surface area contributed by atoms with E-state index >= 15 is 0 Å². The quantitative estimate of drug-likeness (QED) is 0.711. The van der Waals surface area contributed by atoms with Gasteiger partial charge in [-0.05, 0) is 63.1 Å². The van der Waals surface area contributed by atoms with Crippen LogP contribution in [0.2, 0.25) is 5.02 Å². The van der Waals surface area contributed by atoms with Crippen molar-refractivity contribution in [1.82, 2.24) is 9.97 Å². The highest BCUT2D eigenvalue weighted by Gasteiger charge is 2.12. The summed E-state index contributed by atoms with van der Waals surface area (Å²) in [7, 11) is 0. The number of nitrogen functional groups attached to an aromatic ring is 1. The van der Waals surface area contributed by atoms with E-state index in [1.54, 1.807) is 0 Å². The molecular formula is C12H10BrClIN3. The second-order valence-corrected chi connectivity index (χ2v) is 6.04. The molecular weight excluding hydrogens is 428 g/mol. The fraction of sp³-hybridized carbons (Fsp3) is 0.167. The van der Waals surface area contributed by atoms with Gasteiger partial charge in [-0.1, -0.05) is 18.5 Å². The maximum absolute atomic E-state index is 5.92. The highest BCUT2D eigenvalue weighted by Crippen LogP contribution is 2.30. The zero-order valence-electron chi connectivity index (χ0n) is 9.54. The zero-order chi connectivity index (χ0) is 13.3. The molecule has 2 aromatic rings. The lowest BCUT2D eigenvalue weighted by Gasteiger charge is -2.09. The molecule has 6 heteroatoms. The number of nitrogens with two attached hydrogens (primary N) is 1. The van der Waals surface area contributed by atoms with E-state index in [2.05, 4.69) is 48.5 Å². The lowest BCUT2D eigenvalue weighted by atomic mass is 10.2. The van der Waals surface area contributed by atoms with E-state index in [0.29, 0.717) is 16.7 Å². The van der Waals surface area contributed by atoms with Crippen molar-refractivity contribution in [2.45, 2.75) is 13.3 Å². The molecule has 0 amide bonds. The molecule has 18 heavy (non-hydrogen) atoms. The van der Waals surface area contributed by atoms with Crippen LogP contribution in [0.5, 0.6) is 0 Å². The first-order chi connectivity index (χ1) is 8.52. The van der Waals surface area contributed by atoms with Crippen molar-refractivity contribution in [3.8, 4) is 11.4 Å². The van der Waals surface area contributed by atoms with Gasteiger partial charge in [0.25, 0.3) is 0 Å². The average molecular weight is 438 g/mol. The van der Waals surface area contributed by atoms with Crippen LogP contribution in [0.3, 0.4) is 0 Å². The van der Waals surface area contributed by atoms with E-state index in [0.717, 1.165) is 25.7 Å². The van der Waals surface area contributed by atoms with Gasteiger partial charge in [0.05, 0.1) is 9.26 Å². The highest BCUT2D eigenvalue weighted by molar-refractivity contribution is 14.1. The van der Waals surface area contributed by atoms with Crippen molar-refractivity contribution < 1.29 is 0 Å². The minimum absolute atomic E-state index is 0.513. The normalized spacial score (nSPS) is 10.7. The third-order valence-corrected chi connectivity index (χ3v) is 4.52. The van der Waals surface area contributed by atoms with E-state index < -0.39 is 0 Å². The van der Waals surface area contributed by atoms with E-state index in [1.165, 1.54) is 0 Å². The van der Waals surface area contributed by atoms with Crippen molar-refractivity contribution in [3.63, 3.8) is 0 Å². The summed E-state index contributed by atoms with van der Waals surface area (Å²) in [6, 6.07) is 5.51. The lowest BCUT2D eigenvalue weighted by Crippen LogP contribution is -2.04.